The molecule has 0 amide bonds. The molecule has 134 valence electrons. The Bertz CT molecular complexity index is 1130. The van der Waals surface area contributed by atoms with Gasteiger partial charge < -0.3 is 4.42 Å². The van der Waals surface area contributed by atoms with Gasteiger partial charge in [-0.2, -0.15) is 0 Å². The lowest BCUT2D eigenvalue weighted by Gasteiger charge is -2.04. The Hall–Kier alpha value is -2.69. The molecule has 4 rings (SSSR count). The monoisotopic (exact) mass is 394 g/mol. The average molecular weight is 395 g/mol. The van der Waals surface area contributed by atoms with E-state index in [0.29, 0.717) is 26.6 Å². The SMILES string of the molecule is O=C(c1ccc(Cl)cc1)c1oc2ccccc2c1C[S@@](=O)c1ccccc1. The molecule has 3 aromatic carbocycles. The number of fused-ring (bicyclic) bond motifs is 1. The number of hydrogen-bond acceptors (Lipinski definition) is 3. The Labute approximate surface area is 164 Å². The Morgan fingerprint density at radius 1 is 0.889 bits per heavy atom. The van der Waals surface area contributed by atoms with Gasteiger partial charge in [-0.3, -0.25) is 9.00 Å². The van der Waals surface area contributed by atoms with E-state index >= 15 is 0 Å². The van der Waals surface area contributed by atoms with Crippen LogP contribution in [0.25, 0.3) is 11.0 Å². The molecule has 0 saturated heterocycles. The number of halogens is 1. The topological polar surface area (TPSA) is 47.3 Å². The van der Waals surface area contributed by atoms with Crippen LogP contribution in [0.5, 0.6) is 0 Å². The van der Waals surface area contributed by atoms with E-state index in [1.165, 1.54) is 0 Å². The zero-order chi connectivity index (χ0) is 18.8. The van der Waals surface area contributed by atoms with Gasteiger partial charge >= 0.3 is 0 Å². The molecule has 3 nitrogen and oxygen atoms in total. The third kappa shape index (κ3) is 3.59. The fourth-order valence-corrected chi connectivity index (χ4v) is 4.25. The van der Waals surface area contributed by atoms with Gasteiger partial charge in [0.05, 0.1) is 16.6 Å². The smallest absolute Gasteiger partial charge is 0.228 e. The van der Waals surface area contributed by atoms with Crippen LogP contribution < -0.4 is 0 Å². The zero-order valence-electron chi connectivity index (χ0n) is 14.2. The van der Waals surface area contributed by atoms with Gasteiger partial charge in [0.15, 0.2) is 5.76 Å². The first kappa shape index (κ1) is 17.7. The molecule has 1 heterocycles. The van der Waals surface area contributed by atoms with Crippen molar-refractivity contribution in [1.29, 1.82) is 0 Å². The normalized spacial score (nSPS) is 12.2. The molecule has 0 bridgehead atoms. The lowest BCUT2D eigenvalue weighted by atomic mass is 10.0. The summed E-state index contributed by atoms with van der Waals surface area (Å²) in [7, 11) is -1.29. The van der Waals surface area contributed by atoms with Gasteiger partial charge in [-0.15, -0.1) is 0 Å². The predicted octanol–water partition coefficient (Wildman–Crippen LogP) is 5.63. The van der Waals surface area contributed by atoms with Gasteiger partial charge in [0, 0.05) is 26.4 Å². The van der Waals surface area contributed by atoms with Gasteiger partial charge in [0.1, 0.15) is 5.58 Å². The van der Waals surface area contributed by atoms with E-state index in [9.17, 15) is 9.00 Å². The van der Waals surface area contributed by atoms with Crippen LogP contribution >= 0.6 is 11.6 Å². The lowest BCUT2D eigenvalue weighted by molar-refractivity contribution is 0.101. The minimum Gasteiger partial charge on any atom is -0.452 e. The molecule has 0 fully saturated rings. The van der Waals surface area contributed by atoms with Crippen LogP contribution in [-0.2, 0) is 16.6 Å². The number of furan rings is 1. The standard InChI is InChI=1S/C22H15ClO3S/c23-16-12-10-15(11-13-16)21(24)22-19(18-8-4-5-9-20(18)26-22)14-27(25)17-6-2-1-3-7-17/h1-13H,14H2/t27-/m1/s1. The maximum atomic E-state index is 13.0. The van der Waals surface area contributed by atoms with Crippen molar-refractivity contribution in [3.8, 4) is 0 Å². The largest absolute Gasteiger partial charge is 0.452 e. The van der Waals surface area contributed by atoms with Crippen LogP contribution in [0, 0.1) is 0 Å². The van der Waals surface area contributed by atoms with Crippen LogP contribution in [-0.4, -0.2) is 9.99 Å². The zero-order valence-corrected chi connectivity index (χ0v) is 15.8. The number of para-hydroxylation sites is 1. The van der Waals surface area contributed by atoms with Crippen molar-refractivity contribution >= 4 is 39.2 Å². The van der Waals surface area contributed by atoms with Crippen LogP contribution in [0.15, 0.2) is 88.2 Å². The molecular formula is C22H15ClO3S. The Balaban J connectivity index is 1.79. The minimum atomic E-state index is -1.29. The third-order valence-corrected chi connectivity index (χ3v) is 5.89. The molecular weight excluding hydrogens is 380 g/mol. The van der Waals surface area contributed by atoms with E-state index in [1.807, 2.05) is 54.6 Å². The van der Waals surface area contributed by atoms with Crippen molar-refractivity contribution in [2.75, 3.05) is 0 Å². The molecule has 27 heavy (non-hydrogen) atoms. The molecule has 0 saturated carbocycles. The van der Waals surface area contributed by atoms with Crippen molar-refractivity contribution in [1.82, 2.24) is 0 Å². The second-order valence-corrected chi connectivity index (χ2v) is 7.93. The van der Waals surface area contributed by atoms with E-state index in [4.69, 9.17) is 16.0 Å². The maximum absolute atomic E-state index is 13.0. The molecule has 0 aliphatic heterocycles. The Morgan fingerprint density at radius 2 is 1.56 bits per heavy atom. The number of rotatable bonds is 5. The first-order chi connectivity index (χ1) is 13.1. The summed E-state index contributed by atoms with van der Waals surface area (Å²) in [6, 6.07) is 23.3. The summed E-state index contributed by atoms with van der Waals surface area (Å²) in [4.78, 5) is 13.7. The highest BCUT2D eigenvalue weighted by Crippen LogP contribution is 2.30. The van der Waals surface area contributed by atoms with Crippen molar-refractivity contribution in [3.05, 3.63) is 101 Å². The molecule has 1 aromatic heterocycles. The van der Waals surface area contributed by atoms with Crippen molar-refractivity contribution in [2.45, 2.75) is 10.6 Å². The first-order valence-electron chi connectivity index (χ1n) is 8.37. The number of ketones is 1. The number of carbonyl (C=O) groups is 1. The quantitative estimate of drug-likeness (QED) is 0.412. The lowest BCUT2D eigenvalue weighted by Crippen LogP contribution is -2.05. The molecule has 5 heteroatoms. The second kappa shape index (κ2) is 7.51. The van der Waals surface area contributed by atoms with Gasteiger partial charge in [-0.1, -0.05) is 48.0 Å². The number of benzene rings is 3. The van der Waals surface area contributed by atoms with Crippen LogP contribution in [0.4, 0.5) is 0 Å². The Morgan fingerprint density at radius 3 is 2.30 bits per heavy atom. The molecule has 0 N–H and O–H groups in total. The summed E-state index contributed by atoms with van der Waals surface area (Å²) in [6.07, 6.45) is 0. The Kier molecular flexibility index (Phi) is 4.92. The molecule has 0 spiro atoms. The fraction of sp³-hybridized carbons (Fsp3) is 0.0455. The van der Waals surface area contributed by atoms with E-state index in [1.54, 1.807) is 24.3 Å². The van der Waals surface area contributed by atoms with Crippen molar-refractivity contribution in [2.24, 2.45) is 0 Å². The molecule has 0 unspecified atom stereocenters. The predicted molar refractivity (Wildman–Crippen MR) is 108 cm³/mol. The molecule has 4 aromatic rings. The summed E-state index contributed by atoms with van der Waals surface area (Å²) in [6.45, 7) is 0. The summed E-state index contributed by atoms with van der Waals surface area (Å²) >= 11 is 5.92. The van der Waals surface area contributed by atoms with Crippen molar-refractivity contribution < 1.29 is 13.4 Å². The minimum absolute atomic E-state index is 0.204. The van der Waals surface area contributed by atoms with Crippen LogP contribution in [0.2, 0.25) is 5.02 Å². The van der Waals surface area contributed by atoms with Gasteiger partial charge in [-0.05, 0) is 42.5 Å². The van der Waals surface area contributed by atoms with Crippen LogP contribution in [0.3, 0.4) is 0 Å². The van der Waals surface area contributed by atoms with E-state index in [-0.39, 0.29) is 17.3 Å². The van der Waals surface area contributed by atoms with Gasteiger partial charge in [-0.25, -0.2) is 0 Å². The van der Waals surface area contributed by atoms with E-state index in [2.05, 4.69) is 0 Å². The fourth-order valence-electron chi connectivity index (χ4n) is 2.94. The van der Waals surface area contributed by atoms with E-state index in [0.717, 1.165) is 5.39 Å². The van der Waals surface area contributed by atoms with Crippen LogP contribution in [0.1, 0.15) is 21.7 Å². The average Bonchev–Trinajstić information content (AvgIpc) is 3.07. The highest BCUT2D eigenvalue weighted by atomic mass is 35.5. The number of hydrogen-bond donors (Lipinski definition) is 0. The highest BCUT2D eigenvalue weighted by molar-refractivity contribution is 7.84. The highest BCUT2D eigenvalue weighted by Gasteiger charge is 2.23. The summed E-state index contributed by atoms with van der Waals surface area (Å²) < 4.78 is 18.7. The van der Waals surface area contributed by atoms with Gasteiger partial charge in [0.2, 0.25) is 5.78 Å². The summed E-state index contributed by atoms with van der Waals surface area (Å²) in [5.74, 6) is 0.182. The van der Waals surface area contributed by atoms with Crippen molar-refractivity contribution in [3.63, 3.8) is 0 Å². The molecule has 0 aliphatic rings. The number of carbonyl (C=O) groups excluding carboxylic acids is 1. The molecule has 0 aliphatic carbocycles. The first-order valence-corrected chi connectivity index (χ1v) is 10.1. The van der Waals surface area contributed by atoms with E-state index < -0.39 is 10.8 Å². The summed E-state index contributed by atoms with van der Waals surface area (Å²) in [5.41, 5.74) is 1.74. The second-order valence-electron chi connectivity index (χ2n) is 6.04. The molecule has 1 atom stereocenters. The summed E-state index contributed by atoms with van der Waals surface area (Å²) in [5, 5.41) is 1.36. The van der Waals surface area contributed by atoms with Gasteiger partial charge in [0.25, 0.3) is 0 Å². The third-order valence-electron chi connectivity index (χ3n) is 4.29. The maximum Gasteiger partial charge on any atom is 0.228 e. The molecule has 0 radical (unpaired) electrons.